The Morgan fingerprint density at radius 2 is 2.06 bits per heavy atom. The van der Waals surface area contributed by atoms with E-state index in [9.17, 15) is 0 Å². The maximum atomic E-state index is 4.71. The molecule has 18 heavy (non-hydrogen) atoms. The van der Waals surface area contributed by atoms with Gasteiger partial charge in [-0.15, -0.1) is 0 Å². The van der Waals surface area contributed by atoms with Gasteiger partial charge in [0.15, 0.2) is 0 Å². The lowest BCUT2D eigenvalue weighted by Gasteiger charge is -2.28. The molecule has 2 fully saturated rings. The molecular weight excluding hydrogens is 224 g/mol. The molecule has 1 aromatic heterocycles. The largest absolute Gasteiger partial charge is 0.345 e. The molecule has 0 atom stereocenters. The molecule has 1 saturated heterocycles. The number of imidazole rings is 1. The summed E-state index contributed by atoms with van der Waals surface area (Å²) in [4.78, 5) is 7.07. The summed E-state index contributed by atoms with van der Waals surface area (Å²) in [5.41, 5.74) is 1.15. The topological polar surface area (TPSA) is 33.1 Å². The van der Waals surface area contributed by atoms with Crippen LogP contribution >= 0.6 is 0 Å². The molecule has 1 aliphatic carbocycles. The van der Waals surface area contributed by atoms with E-state index in [1.54, 1.807) is 0 Å². The van der Waals surface area contributed by atoms with Crippen LogP contribution in [-0.4, -0.2) is 36.2 Å². The van der Waals surface area contributed by atoms with Crippen molar-refractivity contribution in [3.8, 4) is 0 Å². The van der Waals surface area contributed by atoms with Gasteiger partial charge >= 0.3 is 0 Å². The fourth-order valence-corrected chi connectivity index (χ4v) is 2.94. The Bertz CT molecular complexity index is 402. The molecule has 0 bridgehead atoms. The summed E-state index contributed by atoms with van der Waals surface area (Å²) < 4.78 is 2.39. The second kappa shape index (κ2) is 4.92. The number of aryl methyl sites for hydroxylation is 1. The van der Waals surface area contributed by atoms with E-state index in [4.69, 9.17) is 4.98 Å². The van der Waals surface area contributed by atoms with Crippen LogP contribution in [-0.2, 0) is 0 Å². The van der Waals surface area contributed by atoms with E-state index in [1.807, 2.05) is 0 Å². The summed E-state index contributed by atoms with van der Waals surface area (Å²) in [6.45, 7) is 5.59. The molecule has 3 rings (SSSR count). The molecule has 1 N–H and O–H groups in total. The molecule has 0 amide bonds. The molecule has 1 aromatic rings. The smallest absolute Gasteiger partial charge is 0.205 e. The highest BCUT2D eigenvalue weighted by Gasteiger charge is 2.28. The fraction of sp³-hybridized carbons (Fsp3) is 0.786. The molecule has 0 unspecified atom stereocenters. The van der Waals surface area contributed by atoms with Crippen LogP contribution < -0.4 is 10.2 Å². The van der Waals surface area contributed by atoms with Gasteiger partial charge in [-0.2, -0.15) is 0 Å². The second-order valence-corrected chi connectivity index (χ2v) is 5.89. The molecule has 2 aliphatic rings. The molecule has 0 spiro atoms. The number of rotatable bonds is 4. The summed E-state index contributed by atoms with van der Waals surface area (Å²) >= 11 is 0. The van der Waals surface area contributed by atoms with Crippen molar-refractivity contribution in [2.45, 2.75) is 38.6 Å². The van der Waals surface area contributed by atoms with Gasteiger partial charge in [0, 0.05) is 25.8 Å². The van der Waals surface area contributed by atoms with Gasteiger partial charge in [0.2, 0.25) is 5.95 Å². The van der Waals surface area contributed by atoms with Crippen molar-refractivity contribution in [3.05, 3.63) is 11.9 Å². The Balaban J connectivity index is 1.68. The van der Waals surface area contributed by atoms with Gasteiger partial charge < -0.3 is 14.8 Å². The zero-order valence-corrected chi connectivity index (χ0v) is 11.5. The first-order valence-electron chi connectivity index (χ1n) is 7.21. The molecule has 0 radical (unpaired) electrons. The molecule has 100 valence electrons. The number of hydrogen-bond donors (Lipinski definition) is 1. The highest BCUT2D eigenvalue weighted by Crippen LogP contribution is 2.38. The Labute approximate surface area is 109 Å². The van der Waals surface area contributed by atoms with Crippen molar-refractivity contribution in [3.63, 3.8) is 0 Å². The average Bonchev–Trinajstić information content (AvgIpc) is 3.13. The zero-order chi connectivity index (χ0) is 12.5. The Morgan fingerprint density at radius 1 is 1.33 bits per heavy atom. The van der Waals surface area contributed by atoms with Crippen molar-refractivity contribution < 1.29 is 0 Å². The third-order valence-corrected chi connectivity index (χ3v) is 4.11. The van der Waals surface area contributed by atoms with E-state index >= 15 is 0 Å². The van der Waals surface area contributed by atoms with Crippen LogP contribution in [0.3, 0.4) is 0 Å². The average molecular weight is 248 g/mol. The maximum absolute atomic E-state index is 4.71. The van der Waals surface area contributed by atoms with Crippen LogP contribution in [0.2, 0.25) is 0 Å². The molecular formula is C14H24N4. The van der Waals surface area contributed by atoms with Crippen LogP contribution in [0.1, 0.15) is 37.4 Å². The normalized spacial score (nSPS) is 21.2. The lowest BCUT2D eigenvalue weighted by molar-refractivity contribution is 0.376. The number of nitrogens with one attached hydrogen (secondary N) is 1. The summed E-state index contributed by atoms with van der Waals surface area (Å²) in [6, 6.07) is 0.719. The summed E-state index contributed by atoms with van der Waals surface area (Å²) in [5.74, 6) is 1.99. The third kappa shape index (κ3) is 2.53. The zero-order valence-electron chi connectivity index (χ0n) is 11.5. The minimum atomic E-state index is 0.719. The number of nitrogens with zero attached hydrogens (tertiary/aromatic N) is 3. The molecule has 0 aromatic carbocycles. The minimum Gasteiger partial charge on any atom is -0.345 e. The lowest BCUT2D eigenvalue weighted by Crippen LogP contribution is -2.35. The molecule has 1 aliphatic heterocycles. The standard InChI is InChI=1S/C14H24N4/c1-11-9-18(13-3-4-13)14(16-11)17(2)10-12-5-7-15-8-6-12/h9,12-13,15H,3-8,10H2,1-2H3. The van der Waals surface area contributed by atoms with Gasteiger partial charge in [0.1, 0.15) is 0 Å². The van der Waals surface area contributed by atoms with Gasteiger partial charge in [-0.05, 0) is 51.6 Å². The number of anilines is 1. The lowest BCUT2D eigenvalue weighted by atomic mass is 9.98. The quantitative estimate of drug-likeness (QED) is 0.884. The first kappa shape index (κ1) is 12.0. The highest BCUT2D eigenvalue weighted by molar-refractivity contribution is 5.33. The Morgan fingerprint density at radius 3 is 2.72 bits per heavy atom. The van der Waals surface area contributed by atoms with Crippen LogP contribution in [0.5, 0.6) is 0 Å². The summed E-state index contributed by atoms with van der Waals surface area (Å²) in [5, 5.41) is 3.43. The van der Waals surface area contributed by atoms with Gasteiger partial charge in [0.05, 0.1) is 5.69 Å². The van der Waals surface area contributed by atoms with Gasteiger partial charge in [0.25, 0.3) is 0 Å². The molecule has 1 saturated carbocycles. The molecule has 4 heteroatoms. The SMILES string of the molecule is Cc1cn(C2CC2)c(N(C)CC2CCNCC2)n1. The van der Waals surface area contributed by atoms with Gasteiger partial charge in [-0.3, -0.25) is 0 Å². The Kier molecular flexibility index (Phi) is 3.29. The summed E-state index contributed by atoms with van der Waals surface area (Å²) in [7, 11) is 2.20. The van der Waals surface area contributed by atoms with Crippen molar-refractivity contribution in [1.82, 2.24) is 14.9 Å². The van der Waals surface area contributed by atoms with E-state index in [1.165, 1.54) is 44.7 Å². The van der Waals surface area contributed by atoms with Crippen LogP contribution in [0.25, 0.3) is 0 Å². The van der Waals surface area contributed by atoms with Crippen molar-refractivity contribution >= 4 is 5.95 Å². The fourth-order valence-electron chi connectivity index (χ4n) is 2.94. The van der Waals surface area contributed by atoms with Crippen LogP contribution in [0.15, 0.2) is 6.20 Å². The van der Waals surface area contributed by atoms with Gasteiger partial charge in [-0.1, -0.05) is 0 Å². The molecule has 4 nitrogen and oxygen atoms in total. The second-order valence-electron chi connectivity index (χ2n) is 5.89. The van der Waals surface area contributed by atoms with Crippen LogP contribution in [0, 0.1) is 12.8 Å². The number of hydrogen-bond acceptors (Lipinski definition) is 3. The van der Waals surface area contributed by atoms with Gasteiger partial charge in [-0.25, -0.2) is 4.98 Å². The predicted molar refractivity (Wildman–Crippen MR) is 74.1 cm³/mol. The van der Waals surface area contributed by atoms with Crippen molar-refractivity contribution in [1.29, 1.82) is 0 Å². The monoisotopic (exact) mass is 248 g/mol. The summed E-state index contributed by atoms with van der Waals surface area (Å²) in [6.07, 6.45) is 7.46. The first-order chi connectivity index (χ1) is 8.74. The van der Waals surface area contributed by atoms with Crippen LogP contribution in [0.4, 0.5) is 5.95 Å². The Hall–Kier alpha value is -1.03. The number of piperidine rings is 1. The van der Waals surface area contributed by atoms with E-state index in [2.05, 4.69) is 35.0 Å². The third-order valence-electron chi connectivity index (χ3n) is 4.11. The molecule has 2 heterocycles. The first-order valence-corrected chi connectivity index (χ1v) is 7.21. The van der Waals surface area contributed by atoms with E-state index < -0.39 is 0 Å². The highest BCUT2D eigenvalue weighted by atomic mass is 15.3. The van der Waals surface area contributed by atoms with E-state index in [0.29, 0.717) is 0 Å². The maximum Gasteiger partial charge on any atom is 0.205 e. The van der Waals surface area contributed by atoms with E-state index in [0.717, 1.165) is 24.2 Å². The van der Waals surface area contributed by atoms with Crippen molar-refractivity contribution in [2.75, 3.05) is 31.6 Å². The minimum absolute atomic E-state index is 0.719. The predicted octanol–water partition coefficient (Wildman–Crippen LogP) is 1.96. The van der Waals surface area contributed by atoms with E-state index in [-0.39, 0.29) is 0 Å². The number of aromatic nitrogens is 2. The van der Waals surface area contributed by atoms with Crippen molar-refractivity contribution in [2.24, 2.45) is 5.92 Å².